The number of H-pyrrole nitrogens is 1. The van der Waals surface area contributed by atoms with E-state index in [1.165, 1.54) is 6.42 Å². The minimum atomic E-state index is -0.165. The van der Waals surface area contributed by atoms with Gasteiger partial charge in [-0.05, 0) is 31.0 Å². The van der Waals surface area contributed by atoms with Gasteiger partial charge in [0, 0.05) is 28.6 Å². The summed E-state index contributed by atoms with van der Waals surface area (Å²) in [5.41, 5.74) is 4.81. The lowest BCUT2D eigenvalue weighted by Gasteiger charge is -2.10. The average molecular weight is 391 g/mol. The van der Waals surface area contributed by atoms with Crippen LogP contribution in [0.2, 0.25) is 0 Å². The number of carbonyl (C=O) groups is 1. The van der Waals surface area contributed by atoms with Crippen molar-refractivity contribution in [2.75, 3.05) is 6.61 Å². The molecule has 4 heteroatoms. The highest BCUT2D eigenvalue weighted by atomic mass is 16.2. The number of aromatic nitrogens is 1. The maximum atomic E-state index is 12.5. The number of aliphatic hydroxyl groups is 1. The van der Waals surface area contributed by atoms with Crippen LogP contribution in [0.3, 0.4) is 0 Å². The van der Waals surface area contributed by atoms with Crippen LogP contribution in [0.1, 0.15) is 53.4 Å². The molecule has 0 saturated heterocycles. The Kier molecular flexibility index (Phi) is 8.44. The van der Waals surface area contributed by atoms with Gasteiger partial charge in [-0.15, -0.1) is 0 Å². The number of hydrogen-bond donors (Lipinski definition) is 3. The third-order valence-corrected chi connectivity index (χ3v) is 4.67. The number of amides is 1. The lowest BCUT2D eigenvalue weighted by molar-refractivity contribution is 0.0973. The van der Waals surface area contributed by atoms with Gasteiger partial charge in [0.05, 0.1) is 11.4 Å². The molecule has 4 nitrogen and oxygen atoms in total. The molecular formula is C25H30N2O2. The summed E-state index contributed by atoms with van der Waals surface area (Å²) < 4.78 is 0. The number of aromatic amines is 1. The average Bonchev–Trinajstić information content (AvgIpc) is 3.11. The smallest absolute Gasteiger partial charge is 0.255 e. The first-order valence-corrected chi connectivity index (χ1v) is 9.93. The zero-order valence-corrected chi connectivity index (χ0v) is 17.3. The number of aryl methyl sites for hydroxylation is 1. The molecule has 0 saturated carbocycles. The van der Waals surface area contributed by atoms with Gasteiger partial charge in [-0.1, -0.05) is 75.4 Å². The topological polar surface area (TPSA) is 65.1 Å². The van der Waals surface area contributed by atoms with Crippen LogP contribution < -0.4 is 5.32 Å². The highest BCUT2D eigenvalue weighted by Crippen LogP contribution is 2.26. The number of para-hydroxylation sites is 1. The number of hydrogen-bond acceptors (Lipinski definition) is 2. The minimum absolute atomic E-state index is 0.165. The summed E-state index contributed by atoms with van der Waals surface area (Å²) in [4.78, 5) is 15.8. The van der Waals surface area contributed by atoms with Crippen molar-refractivity contribution in [2.45, 2.75) is 33.1 Å². The molecular weight excluding hydrogens is 360 g/mol. The molecule has 1 heterocycles. The van der Waals surface area contributed by atoms with Gasteiger partial charge in [0.1, 0.15) is 0 Å². The molecule has 1 amide bonds. The van der Waals surface area contributed by atoms with Crippen LogP contribution in [0.15, 0.2) is 61.7 Å². The Hall–Kier alpha value is -3.11. The van der Waals surface area contributed by atoms with E-state index in [0.29, 0.717) is 17.9 Å². The number of carbonyl (C=O) groups excluding carboxylic acids is 1. The second kappa shape index (κ2) is 11.0. The molecule has 29 heavy (non-hydrogen) atoms. The Morgan fingerprint density at radius 2 is 1.83 bits per heavy atom. The Balaban J connectivity index is 0.000000438. The van der Waals surface area contributed by atoms with Crippen molar-refractivity contribution in [1.82, 2.24) is 10.3 Å². The summed E-state index contributed by atoms with van der Waals surface area (Å²) in [6.07, 6.45) is 5.10. The van der Waals surface area contributed by atoms with Crippen molar-refractivity contribution >= 4 is 28.6 Å². The van der Waals surface area contributed by atoms with Gasteiger partial charge < -0.3 is 15.4 Å². The van der Waals surface area contributed by atoms with E-state index >= 15 is 0 Å². The van der Waals surface area contributed by atoms with E-state index in [-0.39, 0.29) is 5.91 Å². The Labute approximate surface area is 173 Å². The maximum absolute atomic E-state index is 12.5. The number of fused-ring (bicyclic) bond motifs is 1. The van der Waals surface area contributed by atoms with Crippen molar-refractivity contribution in [2.24, 2.45) is 0 Å². The number of rotatable bonds is 7. The van der Waals surface area contributed by atoms with E-state index in [4.69, 9.17) is 5.11 Å². The first kappa shape index (κ1) is 22.2. The SMILES string of the molecule is C=Cc1c(C(=C)NC(=O)c2ccccc2C)[nH]c2ccccc12.CCCCCO. The number of unbranched alkanes of at least 4 members (excludes halogenated alkanes) is 2. The second-order valence-electron chi connectivity index (χ2n) is 6.84. The monoisotopic (exact) mass is 390 g/mol. The lowest BCUT2D eigenvalue weighted by Crippen LogP contribution is -2.22. The van der Waals surface area contributed by atoms with Gasteiger partial charge in [0.15, 0.2) is 0 Å². The molecule has 1 aromatic heterocycles. The number of nitrogens with one attached hydrogen (secondary N) is 2. The van der Waals surface area contributed by atoms with E-state index < -0.39 is 0 Å². The molecule has 3 aromatic rings. The molecule has 0 fully saturated rings. The summed E-state index contributed by atoms with van der Waals surface area (Å²) in [5, 5.41) is 12.1. The molecule has 2 aromatic carbocycles. The molecule has 0 spiro atoms. The lowest BCUT2D eigenvalue weighted by atomic mass is 10.1. The van der Waals surface area contributed by atoms with E-state index in [2.05, 4.69) is 30.4 Å². The van der Waals surface area contributed by atoms with Crippen molar-refractivity contribution < 1.29 is 9.90 Å². The Morgan fingerprint density at radius 3 is 2.45 bits per heavy atom. The van der Waals surface area contributed by atoms with Crippen LogP contribution in [0.5, 0.6) is 0 Å². The highest BCUT2D eigenvalue weighted by Gasteiger charge is 2.15. The van der Waals surface area contributed by atoms with E-state index in [0.717, 1.165) is 40.6 Å². The third-order valence-electron chi connectivity index (χ3n) is 4.67. The zero-order valence-electron chi connectivity index (χ0n) is 17.3. The van der Waals surface area contributed by atoms with Crippen molar-refractivity contribution in [3.05, 3.63) is 84.1 Å². The Bertz CT molecular complexity index is 981. The van der Waals surface area contributed by atoms with E-state index in [1.807, 2.05) is 49.4 Å². The van der Waals surface area contributed by atoms with E-state index in [1.54, 1.807) is 12.1 Å². The van der Waals surface area contributed by atoms with Crippen molar-refractivity contribution in [3.63, 3.8) is 0 Å². The first-order chi connectivity index (χ1) is 14.0. The quantitative estimate of drug-likeness (QED) is 0.454. The number of aliphatic hydroxyl groups excluding tert-OH is 1. The fourth-order valence-electron chi connectivity index (χ4n) is 3.07. The van der Waals surface area contributed by atoms with Gasteiger partial charge in [-0.25, -0.2) is 0 Å². The van der Waals surface area contributed by atoms with E-state index in [9.17, 15) is 4.79 Å². The number of benzene rings is 2. The molecule has 152 valence electrons. The van der Waals surface area contributed by atoms with Crippen LogP contribution in [-0.4, -0.2) is 22.6 Å². The summed E-state index contributed by atoms with van der Waals surface area (Å²) in [5.74, 6) is -0.165. The minimum Gasteiger partial charge on any atom is -0.396 e. The van der Waals surface area contributed by atoms with Gasteiger partial charge in [0.25, 0.3) is 5.91 Å². The maximum Gasteiger partial charge on any atom is 0.255 e. The van der Waals surface area contributed by atoms with Gasteiger partial charge in [-0.3, -0.25) is 4.79 Å². The standard InChI is InChI=1S/C20H18N2O.C5H12O/c1-4-15-17-11-7-8-12-18(17)22-19(15)14(3)21-20(23)16-10-6-5-9-13(16)2;1-2-3-4-5-6/h4-12,22H,1,3H2,2H3,(H,21,23);6H,2-5H2,1H3. The van der Waals surface area contributed by atoms with Gasteiger partial charge >= 0.3 is 0 Å². The van der Waals surface area contributed by atoms with Crippen LogP contribution >= 0.6 is 0 Å². The normalized spacial score (nSPS) is 10.2. The molecule has 0 aliphatic heterocycles. The van der Waals surface area contributed by atoms with Gasteiger partial charge in [0.2, 0.25) is 0 Å². The molecule has 0 aliphatic carbocycles. The molecule has 0 unspecified atom stereocenters. The van der Waals surface area contributed by atoms with Crippen LogP contribution in [0, 0.1) is 6.92 Å². The molecule has 0 aliphatic rings. The first-order valence-electron chi connectivity index (χ1n) is 9.93. The molecule has 3 N–H and O–H groups in total. The fraction of sp³-hybridized carbons (Fsp3) is 0.240. The second-order valence-corrected chi connectivity index (χ2v) is 6.84. The largest absolute Gasteiger partial charge is 0.396 e. The van der Waals surface area contributed by atoms with Crippen LogP contribution in [-0.2, 0) is 0 Å². The third kappa shape index (κ3) is 5.69. The molecule has 3 rings (SSSR count). The fourth-order valence-corrected chi connectivity index (χ4v) is 3.07. The van der Waals surface area contributed by atoms with Crippen molar-refractivity contribution in [1.29, 1.82) is 0 Å². The van der Waals surface area contributed by atoms with Gasteiger partial charge in [-0.2, -0.15) is 0 Å². The van der Waals surface area contributed by atoms with Crippen LogP contribution in [0.4, 0.5) is 0 Å². The molecule has 0 atom stereocenters. The van der Waals surface area contributed by atoms with Crippen molar-refractivity contribution in [3.8, 4) is 0 Å². The zero-order chi connectivity index (χ0) is 21.2. The summed E-state index contributed by atoms with van der Waals surface area (Å²) in [7, 11) is 0. The van der Waals surface area contributed by atoms with Crippen LogP contribution in [0.25, 0.3) is 22.7 Å². The highest BCUT2D eigenvalue weighted by molar-refractivity contribution is 6.02. The summed E-state index contributed by atoms with van der Waals surface area (Å²) in [6, 6.07) is 15.4. The predicted molar refractivity (Wildman–Crippen MR) is 123 cm³/mol. The summed E-state index contributed by atoms with van der Waals surface area (Å²) in [6.45, 7) is 12.3. The molecule has 0 radical (unpaired) electrons. The Morgan fingerprint density at radius 1 is 1.14 bits per heavy atom. The molecule has 0 bridgehead atoms. The summed E-state index contributed by atoms with van der Waals surface area (Å²) >= 11 is 0. The predicted octanol–water partition coefficient (Wildman–Crippen LogP) is 5.69.